The summed E-state index contributed by atoms with van der Waals surface area (Å²) in [4.78, 5) is 25.4. The number of nitrogens with zero attached hydrogens (tertiary/aromatic N) is 4. The Hall–Kier alpha value is -2.97. The number of piperidine rings is 1. The molecule has 4 heterocycles. The Bertz CT molecular complexity index is 959. The van der Waals surface area contributed by atoms with Crippen LogP contribution in [0.25, 0.3) is 0 Å². The zero-order chi connectivity index (χ0) is 22.0. The Kier molecular flexibility index (Phi) is 5.93. The van der Waals surface area contributed by atoms with Crippen LogP contribution in [0.1, 0.15) is 36.6 Å². The number of alkyl halides is 2. The van der Waals surface area contributed by atoms with E-state index in [0.717, 1.165) is 35.6 Å². The second-order valence-electron chi connectivity index (χ2n) is 7.97. The molecule has 2 aromatic heterocycles. The number of fused-ring (bicyclic) bond motifs is 1. The number of anilines is 3. The number of carbonyl (C=O) groups excluding carboxylic acids is 1. The topological polar surface area (TPSA) is 70.6 Å². The Labute approximate surface area is 180 Å². The van der Waals surface area contributed by atoms with E-state index in [0.29, 0.717) is 18.1 Å². The highest BCUT2D eigenvalue weighted by Crippen LogP contribution is 2.37. The molecule has 2 aliphatic rings. The largest absolute Gasteiger partial charge is 0.450 e. The fourth-order valence-electron chi connectivity index (χ4n) is 4.06. The Morgan fingerprint density at radius 1 is 1.26 bits per heavy atom. The molecule has 166 valence electrons. The van der Waals surface area contributed by atoms with Crippen molar-refractivity contribution in [3.05, 3.63) is 41.2 Å². The van der Waals surface area contributed by atoms with Crippen molar-refractivity contribution in [2.45, 2.75) is 45.6 Å². The molecular formula is C22H27F2N5O2. The van der Waals surface area contributed by atoms with Gasteiger partial charge in [-0.15, -0.1) is 0 Å². The van der Waals surface area contributed by atoms with Crippen LogP contribution in [-0.2, 0) is 17.7 Å². The lowest BCUT2D eigenvalue weighted by Gasteiger charge is -2.35. The number of aryl methyl sites for hydroxylation is 1. The number of carbonyl (C=O) groups is 1. The average Bonchev–Trinajstić information content (AvgIpc) is 2.75. The van der Waals surface area contributed by atoms with E-state index in [-0.39, 0.29) is 32.5 Å². The van der Waals surface area contributed by atoms with Gasteiger partial charge in [0.25, 0.3) is 5.92 Å². The van der Waals surface area contributed by atoms with Gasteiger partial charge in [0.2, 0.25) is 0 Å². The molecule has 1 fully saturated rings. The molecule has 0 atom stereocenters. The normalized spacial score (nSPS) is 17.8. The maximum absolute atomic E-state index is 13.7. The summed E-state index contributed by atoms with van der Waals surface area (Å²) in [5.41, 5.74) is 3.56. The Morgan fingerprint density at radius 2 is 2.03 bits per heavy atom. The van der Waals surface area contributed by atoms with E-state index in [1.165, 1.54) is 0 Å². The van der Waals surface area contributed by atoms with Crippen molar-refractivity contribution in [1.29, 1.82) is 0 Å². The number of rotatable bonds is 4. The smallest absolute Gasteiger partial charge is 0.411 e. The number of aromatic nitrogens is 2. The number of amides is 1. The zero-order valence-corrected chi connectivity index (χ0v) is 17.8. The molecule has 0 saturated carbocycles. The van der Waals surface area contributed by atoms with Gasteiger partial charge in [0.05, 0.1) is 12.3 Å². The standard InChI is InChI=1S/C22H27F2N5O2/c1-3-31-21(30)27-19-15(2)13-18(26-20(19)28-11-7-22(23,24)8-12-28)29-10-6-17-16(14-29)5-4-9-25-17/h4-5,9,13H,3,6-8,10-12,14H2,1-2H3,(H,27,30). The molecule has 1 N–H and O–H groups in total. The summed E-state index contributed by atoms with van der Waals surface area (Å²) in [5, 5.41) is 2.76. The van der Waals surface area contributed by atoms with E-state index in [4.69, 9.17) is 9.72 Å². The molecule has 2 aliphatic heterocycles. The Balaban J connectivity index is 1.66. The number of hydrogen-bond donors (Lipinski definition) is 1. The van der Waals surface area contributed by atoms with Crippen molar-refractivity contribution >= 4 is 23.4 Å². The highest BCUT2D eigenvalue weighted by Gasteiger charge is 2.35. The van der Waals surface area contributed by atoms with E-state index < -0.39 is 12.0 Å². The van der Waals surface area contributed by atoms with Crippen molar-refractivity contribution < 1.29 is 18.3 Å². The molecule has 2 aromatic rings. The maximum Gasteiger partial charge on any atom is 0.411 e. The lowest BCUT2D eigenvalue weighted by Crippen LogP contribution is -2.40. The number of hydrogen-bond acceptors (Lipinski definition) is 6. The summed E-state index contributed by atoms with van der Waals surface area (Å²) >= 11 is 0. The molecule has 7 nitrogen and oxygen atoms in total. The second-order valence-corrected chi connectivity index (χ2v) is 7.97. The summed E-state index contributed by atoms with van der Waals surface area (Å²) < 4.78 is 32.5. The predicted molar refractivity (Wildman–Crippen MR) is 115 cm³/mol. The van der Waals surface area contributed by atoms with Crippen molar-refractivity contribution in [3.63, 3.8) is 0 Å². The summed E-state index contributed by atoms with van der Waals surface area (Å²) in [7, 11) is 0. The fourth-order valence-corrected chi connectivity index (χ4v) is 4.06. The molecule has 0 aromatic carbocycles. The first-order chi connectivity index (χ1) is 14.9. The van der Waals surface area contributed by atoms with Crippen LogP contribution >= 0.6 is 0 Å². The second kappa shape index (κ2) is 8.64. The molecule has 0 bridgehead atoms. The number of nitrogens with one attached hydrogen (secondary N) is 1. The monoisotopic (exact) mass is 431 g/mol. The van der Waals surface area contributed by atoms with Crippen molar-refractivity contribution in [2.24, 2.45) is 0 Å². The quantitative estimate of drug-likeness (QED) is 0.784. The molecule has 1 amide bonds. The molecule has 31 heavy (non-hydrogen) atoms. The van der Waals surface area contributed by atoms with E-state index >= 15 is 0 Å². The summed E-state index contributed by atoms with van der Waals surface area (Å²) in [6.45, 7) is 5.64. The summed E-state index contributed by atoms with van der Waals surface area (Å²) in [6.07, 6.45) is 1.56. The third kappa shape index (κ3) is 4.70. The molecule has 1 saturated heterocycles. The summed E-state index contributed by atoms with van der Waals surface area (Å²) in [6, 6.07) is 5.91. The fraction of sp³-hybridized carbons (Fsp3) is 0.500. The molecule has 0 unspecified atom stereocenters. The first kappa shape index (κ1) is 21.3. The lowest BCUT2D eigenvalue weighted by atomic mass is 10.0. The van der Waals surface area contributed by atoms with Gasteiger partial charge >= 0.3 is 6.09 Å². The van der Waals surface area contributed by atoms with Crippen molar-refractivity contribution in [2.75, 3.05) is 41.4 Å². The van der Waals surface area contributed by atoms with E-state index in [1.54, 1.807) is 13.1 Å². The molecule has 0 spiro atoms. The van der Waals surface area contributed by atoms with Crippen LogP contribution in [0.3, 0.4) is 0 Å². The number of ether oxygens (including phenoxy) is 1. The van der Waals surface area contributed by atoms with E-state index in [9.17, 15) is 13.6 Å². The number of pyridine rings is 2. The van der Waals surface area contributed by atoms with Gasteiger partial charge in [-0.25, -0.2) is 18.6 Å². The maximum atomic E-state index is 13.7. The lowest BCUT2D eigenvalue weighted by molar-refractivity contribution is -0.0221. The molecule has 0 radical (unpaired) electrons. The van der Waals surface area contributed by atoms with Gasteiger partial charge in [0.15, 0.2) is 5.82 Å². The van der Waals surface area contributed by atoms with Crippen LogP contribution in [0, 0.1) is 6.92 Å². The average molecular weight is 431 g/mol. The molecule has 4 rings (SSSR count). The Morgan fingerprint density at radius 3 is 2.77 bits per heavy atom. The zero-order valence-electron chi connectivity index (χ0n) is 17.8. The SMILES string of the molecule is CCOC(=O)Nc1c(C)cc(N2CCc3ncccc3C2)nc1N1CCC(F)(F)CC1. The third-order valence-electron chi connectivity index (χ3n) is 5.77. The highest BCUT2D eigenvalue weighted by atomic mass is 19.3. The first-order valence-corrected chi connectivity index (χ1v) is 10.6. The molecule has 9 heteroatoms. The van der Waals surface area contributed by atoms with Gasteiger partial charge in [0, 0.05) is 57.3 Å². The minimum Gasteiger partial charge on any atom is -0.450 e. The van der Waals surface area contributed by atoms with Gasteiger partial charge in [-0.3, -0.25) is 10.3 Å². The van der Waals surface area contributed by atoms with Crippen LogP contribution < -0.4 is 15.1 Å². The minimum atomic E-state index is -2.67. The number of halogens is 2. The van der Waals surface area contributed by atoms with Crippen LogP contribution in [0.5, 0.6) is 0 Å². The van der Waals surface area contributed by atoms with Crippen molar-refractivity contribution in [3.8, 4) is 0 Å². The van der Waals surface area contributed by atoms with Crippen LogP contribution in [0.2, 0.25) is 0 Å². The van der Waals surface area contributed by atoms with Crippen LogP contribution in [0.4, 0.5) is 30.9 Å². The van der Waals surface area contributed by atoms with Gasteiger partial charge in [-0.1, -0.05) is 6.07 Å². The van der Waals surface area contributed by atoms with Crippen molar-refractivity contribution in [1.82, 2.24) is 9.97 Å². The van der Waals surface area contributed by atoms with E-state index in [2.05, 4.69) is 21.3 Å². The van der Waals surface area contributed by atoms with E-state index in [1.807, 2.05) is 24.0 Å². The first-order valence-electron chi connectivity index (χ1n) is 10.6. The minimum absolute atomic E-state index is 0.174. The van der Waals surface area contributed by atoms with Crippen LogP contribution in [-0.4, -0.2) is 48.2 Å². The van der Waals surface area contributed by atoms with Gasteiger partial charge < -0.3 is 14.5 Å². The molecule has 0 aliphatic carbocycles. The summed E-state index contributed by atoms with van der Waals surface area (Å²) in [5.74, 6) is -1.40. The predicted octanol–water partition coefficient (Wildman–Crippen LogP) is 4.15. The van der Waals surface area contributed by atoms with Crippen LogP contribution in [0.15, 0.2) is 24.4 Å². The van der Waals surface area contributed by atoms with Gasteiger partial charge in [-0.2, -0.15) is 0 Å². The van der Waals surface area contributed by atoms with Gasteiger partial charge in [0.1, 0.15) is 5.82 Å². The van der Waals surface area contributed by atoms with Gasteiger partial charge in [-0.05, 0) is 37.1 Å². The molecular weight excluding hydrogens is 404 g/mol. The third-order valence-corrected chi connectivity index (χ3v) is 5.77. The highest BCUT2D eigenvalue weighted by molar-refractivity contribution is 5.90.